The fourth-order valence-corrected chi connectivity index (χ4v) is 3.09. The number of nitrogens with zero attached hydrogens (tertiary/aromatic N) is 3. The van der Waals surface area contributed by atoms with E-state index in [4.69, 9.17) is 4.74 Å². The fourth-order valence-electron chi connectivity index (χ4n) is 3.09. The molecule has 0 unspecified atom stereocenters. The summed E-state index contributed by atoms with van der Waals surface area (Å²) in [5.41, 5.74) is 2.22. The summed E-state index contributed by atoms with van der Waals surface area (Å²) < 4.78 is 7.55. The number of hydrogen-bond donors (Lipinski definition) is 1. The Hall–Kier alpha value is -2.08. The molecule has 0 atom stereocenters. The molecule has 1 amide bonds. The van der Waals surface area contributed by atoms with Gasteiger partial charge in [-0.15, -0.1) is 0 Å². The van der Waals surface area contributed by atoms with E-state index in [9.17, 15) is 4.79 Å². The number of carbonyl (C=O) groups is 1. The van der Waals surface area contributed by atoms with Crippen molar-refractivity contribution in [2.75, 3.05) is 25.5 Å². The standard InChI is InChI=1S/C18H26N4O2/c1-18(2,3)24-17(23)20-13-5-6-15-16(11-13)22(12-19-15)14-7-9-21(4)10-8-14/h5-6,11-12,14H,7-10H2,1-4H3,(H,20,23). The molecular formula is C18H26N4O2. The molecule has 1 N–H and O–H groups in total. The zero-order chi connectivity index (χ0) is 17.3. The van der Waals surface area contributed by atoms with Crippen LogP contribution < -0.4 is 5.32 Å². The normalized spacial score (nSPS) is 17.2. The maximum Gasteiger partial charge on any atom is 0.412 e. The van der Waals surface area contributed by atoms with Crippen LogP contribution in [0.25, 0.3) is 11.0 Å². The van der Waals surface area contributed by atoms with Gasteiger partial charge in [-0.1, -0.05) is 0 Å². The molecule has 0 bridgehead atoms. The molecule has 0 radical (unpaired) electrons. The minimum atomic E-state index is -0.510. The van der Waals surface area contributed by atoms with Crippen molar-refractivity contribution in [3.8, 4) is 0 Å². The molecule has 24 heavy (non-hydrogen) atoms. The number of fused-ring (bicyclic) bond motifs is 1. The van der Waals surface area contributed by atoms with Gasteiger partial charge in [0.1, 0.15) is 5.60 Å². The molecule has 0 spiro atoms. The zero-order valence-electron chi connectivity index (χ0n) is 14.9. The highest BCUT2D eigenvalue weighted by atomic mass is 16.6. The number of hydrogen-bond acceptors (Lipinski definition) is 4. The molecule has 0 aliphatic carbocycles. The first-order valence-electron chi connectivity index (χ1n) is 8.47. The van der Waals surface area contributed by atoms with Crippen molar-refractivity contribution in [3.05, 3.63) is 24.5 Å². The van der Waals surface area contributed by atoms with Crippen LogP contribution in [0.15, 0.2) is 24.5 Å². The lowest BCUT2D eigenvalue weighted by Crippen LogP contribution is -2.31. The van der Waals surface area contributed by atoms with Gasteiger partial charge in [-0.2, -0.15) is 0 Å². The predicted octanol–water partition coefficient (Wildman–Crippen LogP) is 3.65. The smallest absolute Gasteiger partial charge is 0.412 e. The first kappa shape index (κ1) is 16.8. The van der Waals surface area contributed by atoms with Crippen LogP contribution in [0.5, 0.6) is 0 Å². The lowest BCUT2D eigenvalue weighted by atomic mass is 10.1. The molecule has 1 aliphatic rings. The van der Waals surface area contributed by atoms with Crippen molar-refractivity contribution in [3.63, 3.8) is 0 Å². The van der Waals surface area contributed by atoms with Crippen LogP contribution in [-0.2, 0) is 4.74 Å². The van der Waals surface area contributed by atoms with Gasteiger partial charge in [0.25, 0.3) is 0 Å². The molecule has 0 saturated carbocycles. The number of rotatable bonds is 2. The minimum absolute atomic E-state index is 0.438. The van der Waals surface area contributed by atoms with Crippen LogP contribution in [0, 0.1) is 0 Å². The van der Waals surface area contributed by atoms with E-state index in [1.54, 1.807) is 0 Å². The second-order valence-corrected chi connectivity index (χ2v) is 7.52. The van der Waals surface area contributed by atoms with Crippen molar-refractivity contribution in [2.24, 2.45) is 0 Å². The summed E-state index contributed by atoms with van der Waals surface area (Å²) in [5, 5.41) is 2.81. The van der Waals surface area contributed by atoms with Gasteiger partial charge in [-0.3, -0.25) is 5.32 Å². The molecule has 2 heterocycles. The van der Waals surface area contributed by atoms with Crippen molar-refractivity contribution in [2.45, 2.75) is 45.3 Å². The second-order valence-electron chi connectivity index (χ2n) is 7.52. The first-order valence-corrected chi connectivity index (χ1v) is 8.47. The number of nitrogens with one attached hydrogen (secondary N) is 1. The van der Waals surface area contributed by atoms with E-state index in [1.807, 2.05) is 45.3 Å². The molecule has 1 aromatic heterocycles. The third-order valence-corrected chi connectivity index (χ3v) is 4.30. The number of imidazole rings is 1. The number of aromatic nitrogens is 2. The Labute approximate surface area is 142 Å². The average Bonchev–Trinajstić information content (AvgIpc) is 2.89. The highest BCUT2D eigenvalue weighted by molar-refractivity contribution is 5.89. The summed E-state index contributed by atoms with van der Waals surface area (Å²) >= 11 is 0. The van der Waals surface area contributed by atoms with Gasteiger partial charge in [0.2, 0.25) is 0 Å². The van der Waals surface area contributed by atoms with Gasteiger partial charge in [0.05, 0.1) is 17.4 Å². The number of benzene rings is 1. The molecule has 3 rings (SSSR count). The first-order chi connectivity index (χ1) is 11.3. The lowest BCUT2D eigenvalue weighted by molar-refractivity contribution is 0.0636. The number of amides is 1. The van der Waals surface area contributed by atoms with Crippen LogP contribution in [0.4, 0.5) is 10.5 Å². The summed E-state index contributed by atoms with van der Waals surface area (Å²) in [4.78, 5) is 18.8. The van der Waals surface area contributed by atoms with Crippen molar-refractivity contribution in [1.29, 1.82) is 0 Å². The molecule has 1 fully saturated rings. The fraction of sp³-hybridized carbons (Fsp3) is 0.556. The summed E-state index contributed by atoms with van der Waals surface area (Å²) in [6.45, 7) is 7.75. The predicted molar refractivity (Wildman–Crippen MR) is 95.4 cm³/mol. The average molecular weight is 330 g/mol. The largest absolute Gasteiger partial charge is 0.444 e. The quantitative estimate of drug-likeness (QED) is 0.913. The van der Waals surface area contributed by atoms with Gasteiger partial charge in [0, 0.05) is 11.7 Å². The van der Waals surface area contributed by atoms with Gasteiger partial charge < -0.3 is 14.2 Å². The van der Waals surface area contributed by atoms with Crippen LogP contribution in [0.1, 0.15) is 39.7 Å². The lowest BCUT2D eigenvalue weighted by Gasteiger charge is -2.30. The van der Waals surface area contributed by atoms with Gasteiger partial charge >= 0.3 is 6.09 Å². The van der Waals surface area contributed by atoms with E-state index in [1.165, 1.54) is 0 Å². The third kappa shape index (κ3) is 3.87. The Balaban J connectivity index is 1.80. The molecule has 6 heteroatoms. The monoisotopic (exact) mass is 330 g/mol. The number of piperidine rings is 1. The summed E-state index contributed by atoms with van der Waals surface area (Å²) in [6, 6.07) is 6.24. The minimum Gasteiger partial charge on any atom is -0.444 e. The molecule has 130 valence electrons. The summed E-state index contributed by atoms with van der Waals surface area (Å²) in [6.07, 6.45) is 3.71. The van der Waals surface area contributed by atoms with Crippen molar-refractivity contribution in [1.82, 2.24) is 14.5 Å². The van der Waals surface area contributed by atoms with E-state index in [0.717, 1.165) is 42.7 Å². The number of ether oxygens (including phenoxy) is 1. The molecule has 1 saturated heterocycles. The molecule has 1 aromatic carbocycles. The highest BCUT2D eigenvalue weighted by Gasteiger charge is 2.20. The number of carbonyl (C=O) groups excluding carboxylic acids is 1. The maximum absolute atomic E-state index is 12.0. The Morgan fingerprint density at radius 1 is 1.29 bits per heavy atom. The van der Waals surface area contributed by atoms with E-state index in [-0.39, 0.29) is 0 Å². The Bertz CT molecular complexity index is 724. The van der Waals surface area contributed by atoms with E-state index in [2.05, 4.69) is 26.8 Å². The van der Waals surface area contributed by atoms with E-state index in [0.29, 0.717) is 6.04 Å². The van der Waals surface area contributed by atoms with Crippen LogP contribution in [0.2, 0.25) is 0 Å². The maximum atomic E-state index is 12.0. The molecule has 1 aliphatic heterocycles. The topological polar surface area (TPSA) is 59.4 Å². The van der Waals surface area contributed by atoms with Crippen LogP contribution in [0.3, 0.4) is 0 Å². The number of anilines is 1. The Kier molecular flexibility index (Phi) is 4.49. The van der Waals surface area contributed by atoms with Gasteiger partial charge in [-0.05, 0) is 71.9 Å². The molecular weight excluding hydrogens is 304 g/mol. The molecule has 2 aromatic rings. The van der Waals surface area contributed by atoms with Crippen molar-refractivity contribution < 1.29 is 9.53 Å². The third-order valence-electron chi connectivity index (χ3n) is 4.30. The second kappa shape index (κ2) is 6.43. The van der Waals surface area contributed by atoms with Crippen LogP contribution >= 0.6 is 0 Å². The highest BCUT2D eigenvalue weighted by Crippen LogP contribution is 2.27. The Morgan fingerprint density at radius 3 is 2.67 bits per heavy atom. The SMILES string of the molecule is CN1CCC(n2cnc3ccc(NC(=O)OC(C)(C)C)cc32)CC1. The van der Waals surface area contributed by atoms with Gasteiger partial charge in [0.15, 0.2) is 0 Å². The zero-order valence-corrected chi connectivity index (χ0v) is 14.9. The van der Waals surface area contributed by atoms with Crippen molar-refractivity contribution >= 4 is 22.8 Å². The van der Waals surface area contributed by atoms with E-state index < -0.39 is 11.7 Å². The van der Waals surface area contributed by atoms with Gasteiger partial charge in [-0.25, -0.2) is 9.78 Å². The Morgan fingerprint density at radius 2 is 2.00 bits per heavy atom. The molecule has 6 nitrogen and oxygen atoms in total. The van der Waals surface area contributed by atoms with Crippen LogP contribution in [-0.4, -0.2) is 46.3 Å². The van der Waals surface area contributed by atoms with E-state index >= 15 is 0 Å². The number of likely N-dealkylation sites (tertiary alicyclic amines) is 1. The summed E-state index contributed by atoms with van der Waals surface area (Å²) in [7, 11) is 2.16. The summed E-state index contributed by atoms with van der Waals surface area (Å²) in [5.74, 6) is 0.